The number of nitrogens with zero attached hydrogens (tertiary/aromatic N) is 1. The average molecular weight is 297 g/mol. The molecule has 0 saturated carbocycles. The summed E-state index contributed by atoms with van der Waals surface area (Å²) in [7, 11) is 0. The van der Waals surface area contributed by atoms with Gasteiger partial charge in [-0.2, -0.15) is 0 Å². The van der Waals surface area contributed by atoms with Crippen LogP contribution in [0.4, 0.5) is 0 Å². The van der Waals surface area contributed by atoms with Crippen molar-refractivity contribution in [1.82, 2.24) is 4.90 Å². The van der Waals surface area contributed by atoms with Crippen molar-refractivity contribution in [2.45, 2.75) is 18.4 Å². The zero-order valence-electron chi connectivity index (χ0n) is 12.0. The Morgan fingerprint density at radius 2 is 2.09 bits per heavy atom. The molecule has 1 spiro atoms. The number of furan rings is 1. The standard InChI is InChI=1S/C17H15NO4/c19-15(12-6-9-21-10-12)18-8-3-7-17(11-18)14-5-2-1-4-13(14)16(20)22-17/h1-2,4-6,9-10H,3,7-8,11H2/t17-/m0/s1. The van der Waals surface area contributed by atoms with Crippen LogP contribution in [0.15, 0.2) is 47.3 Å². The van der Waals surface area contributed by atoms with Crippen LogP contribution in [0.2, 0.25) is 0 Å². The summed E-state index contributed by atoms with van der Waals surface area (Å²) in [5.41, 5.74) is 1.32. The minimum absolute atomic E-state index is 0.0896. The van der Waals surface area contributed by atoms with Gasteiger partial charge in [-0.3, -0.25) is 4.79 Å². The number of benzene rings is 1. The van der Waals surface area contributed by atoms with E-state index in [9.17, 15) is 9.59 Å². The number of likely N-dealkylation sites (tertiary alicyclic amines) is 1. The smallest absolute Gasteiger partial charge is 0.339 e. The fraction of sp³-hybridized carbons (Fsp3) is 0.294. The molecule has 5 nitrogen and oxygen atoms in total. The highest BCUT2D eigenvalue weighted by atomic mass is 16.6. The Labute approximate surface area is 127 Å². The molecule has 0 N–H and O–H groups in total. The molecule has 112 valence electrons. The van der Waals surface area contributed by atoms with Crippen molar-refractivity contribution in [3.63, 3.8) is 0 Å². The molecule has 0 aliphatic carbocycles. The molecule has 0 radical (unpaired) electrons. The molecule has 1 aromatic heterocycles. The number of hydrogen-bond acceptors (Lipinski definition) is 4. The Bertz CT molecular complexity index is 737. The van der Waals surface area contributed by atoms with Gasteiger partial charge in [0, 0.05) is 12.1 Å². The molecule has 1 atom stereocenters. The van der Waals surface area contributed by atoms with Crippen molar-refractivity contribution in [2.24, 2.45) is 0 Å². The highest BCUT2D eigenvalue weighted by molar-refractivity contribution is 5.96. The van der Waals surface area contributed by atoms with Gasteiger partial charge in [0.2, 0.25) is 0 Å². The number of fused-ring (bicyclic) bond motifs is 2. The number of amides is 1. The lowest BCUT2D eigenvalue weighted by Crippen LogP contribution is -2.48. The summed E-state index contributed by atoms with van der Waals surface area (Å²) >= 11 is 0. The van der Waals surface area contributed by atoms with E-state index >= 15 is 0 Å². The molecule has 1 saturated heterocycles. The van der Waals surface area contributed by atoms with Gasteiger partial charge in [0.15, 0.2) is 5.60 Å². The Morgan fingerprint density at radius 1 is 1.23 bits per heavy atom. The Kier molecular flexibility index (Phi) is 2.82. The van der Waals surface area contributed by atoms with Crippen LogP contribution in [-0.2, 0) is 10.3 Å². The zero-order valence-corrected chi connectivity index (χ0v) is 12.0. The van der Waals surface area contributed by atoms with Crippen LogP contribution in [-0.4, -0.2) is 29.9 Å². The van der Waals surface area contributed by atoms with Crippen LogP contribution in [0.25, 0.3) is 0 Å². The first kappa shape index (κ1) is 13.1. The van der Waals surface area contributed by atoms with E-state index in [1.807, 2.05) is 18.2 Å². The van der Waals surface area contributed by atoms with Crippen LogP contribution in [0.5, 0.6) is 0 Å². The third-order valence-electron chi connectivity index (χ3n) is 4.44. The monoisotopic (exact) mass is 297 g/mol. The highest BCUT2D eigenvalue weighted by Crippen LogP contribution is 2.42. The van der Waals surface area contributed by atoms with E-state index in [0.717, 1.165) is 18.4 Å². The lowest BCUT2D eigenvalue weighted by Gasteiger charge is -2.39. The van der Waals surface area contributed by atoms with Crippen LogP contribution in [0.3, 0.4) is 0 Å². The molecule has 0 unspecified atom stereocenters. The first-order valence-electron chi connectivity index (χ1n) is 7.34. The molecular weight excluding hydrogens is 282 g/mol. The predicted molar refractivity (Wildman–Crippen MR) is 77.4 cm³/mol. The van der Waals surface area contributed by atoms with E-state index in [2.05, 4.69) is 0 Å². The number of piperidine rings is 1. The molecule has 1 aromatic carbocycles. The summed E-state index contributed by atoms with van der Waals surface area (Å²) < 4.78 is 10.7. The maximum atomic E-state index is 12.5. The fourth-order valence-electron chi connectivity index (χ4n) is 3.41. The third kappa shape index (κ3) is 1.85. The molecule has 3 heterocycles. The number of hydrogen-bond donors (Lipinski definition) is 0. The van der Waals surface area contributed by atoms with Crippen LogP contribution in [0, 0.1) is 0 Å². The summed E-state index contributed by atoms with van der Waals surface area (Å²) in [6, 6.07) is 9.09. The van der Waals surface area contributed by atoms with Gasteiger partial charge in [-0.1, -0.05) is 18.2 Å². The molecule has 22 heavy (non-hydrogen) atoms. The lowest BCUT2D eigenvalue weighted by atomic mass is 9.85. The van der Waals surface area contributed by atoms with Crippen LogP contribution >= 0.6 is 0 Å². The molecule has 5 heteroatoms. The van der Waals surface area contributed by atoms with Gasteiger partial charge in [-0.25, -0.2) is 4.79 Å². The molecule has 2 aliphatic rings. The quantitative estimate of drug-likeness (QED) is 0.759. The summed E-state index contributed by atoms with van der Waals surface area (Å²) in [6.45, 7) is 1.05. The van der Waals surface area contributed by atoms with E-state index in [1.54, 1.807) is 17.0 Å². The molecule has 4 rings (SSSR count). The largest absolute Gasteiger partial charge is 0.472 e. The van der Waals surface area contributed by atoms with Gasteiger partial charge in [0.25, 0.3) is 5.91 Å². The van der Waals surface area contributed by atoms with Gasteiger partial charge < -0.3 is 14.1 Å². The number of rotatable bonds is 1. The van der Waals surface area contributed by atoms with Crippen molar-refractivity contribution >= 4 is 11.9 Å². The van der Waals surface area contributed by atoms with Crippen LogP contribution < -0.4 is 0 Å². The van der Waals surface area contributed by atoms with E-state index in [-0.39, 0.29) is 11.9 Å². The normalized spacial score (nSPS) is 23.5. The Morgan fingerprint density at radius 3 is 2.91 bits per heavy atom. The second-order valence-electron chi connectivity index (χ2n) is 5.77. The minimum Gasteiger partial charge on any atom is -0.472 e. The van der Waals surface area contributed by atoms with Gasteiger partial charge >= 0.3 is 5.97 Å². The fourth-order valence-corrected chi connectivity index (χ4v) is 3.41. The molecule has 2 aromatic rings. The van der Waals surface area contributed by atoms with Crippen LogP contribution in [0.1, 0.15) is 39.1 Å². The van der Waals surface area contributed by atoms with Gasteiger partial charge in [-0.15, -0.1) is 0 Å². The maximum Gasteiger partial charge on any atom is 0.339 e. The highest BCUT2D eigenvalue weighted by Gasteiger charge is 2.48. The average Bonchev–Trinajstić information content (AvgIpc) is 3.16. The number of esters is 1. The first-order chi connectivity index (χ1) is 10.7. The second-order valence-corrected chi connectivity index (χ2v) is 5.77. The van der Waals surface area contributed by atoms with E-state index in [4.69, 9.17) is 9.15 Å². The third-order valence-corrected chi connectivity index (χ3v) is 4.44. The Balaban J connectivity index is 1.67. The number of ether oxygens (including phenoxy) is 1. The van der Waals surface area contributed by atoms with Crippen molar-refractivity contribution in [3.05, 3.63) is 59.5 Å². The van der Waals surface area contributed by atoms with E-state index < -0.39 is 5.60 Å². The van der Waals surface area contributed by atoms with Gasteiger partial charge in [0.1, 0.15) is 6.26 Å². The van der Waals surface area contributed by atoms with Crippen molar-refractivity contribution in [1.29, 1.82) is 0 Å². The zero-order chi connectivity index (χ0) is 15.2. The summed E-state index contributed by atoms with van der Waals surface area (Å²) in [5, 5.41) is 0. The maximum absolute atomic E-state index is 12.5. The van der Waals surface area contributed by atoms with Crippen molar-refractivity contribution in [3.8, 4) is 0 Å². The SMILES string of the molecule is O=C1O[C@]2(CCCN(C(=O)c3ccoc3)C2)c2ccccc21. The molecule has 2 aliphatic heterocycles. The first-order valence-corrected chi connectivity index (χ1v) is 7.34. The molecule has 1 fully saturated rings. The predicted octanol–water partition coefficient (Wildman–Crippen LogP) is 2.58. The topological polar surface area (TPSA) is 59.8 Å². The summed E-state index contributed by atoms with van der Waals surface area (Å²) in [4.78, 5) is 26.4. The molecule has 0 bridgehead atoms. The van der Waals surface area contributed by atoms with Crippen molar-refractivity contribution in [2.75, 3.05) is 13.1 Å². The summed E-state index contributed by atoms with van der Waals surface area (Å²) in [5.74, 6) is -0.388. The van der Waals surface area contributed by atoms with Gasteiger partial charge in [0.05, 0.1) is 23.9 Å². The molecular formula is C17H15NO4. The number of carbonyl (C=O) groups is 2. The van der Waals surface area contributed by atoms with Gasteiger partial charge in [-0.05, 0) is 25.0 Å². The Hall–Kier alpha value is -2.56. The number of carbonyl (C=O) groups excluding carboxylic acids is 2. The van der Waals surface area contributed by atoms with E-state index in [0.29, 0.717) is 24.2 Å². The van der Waals surface area contributed by atoms with E-state index in [1.165, 1.54) is 12.5 Å². The van der Waals surface area contributed by atoms with Crippen molar-refractivity contribution < 1.29 is 18.7 Å². The lowest BCUT2D eigenvalue weighted by molar-refractivity contribution is -0.0442. The summed E-state index contributed by atoms with van der Waals surface area (Å²) in [6.07, 6.45) is 4.46. The second kappa shape index (κ2) is 4.73. The minimum atomic E-state index is -0.703. The molecule has 1 amide bonds.